The van der Waals surface area contributed by atoms with Crippen LogP contribution >= 0.6 is 0 Å². The fourth-order valence-corrected chi connectivity index (χ4v) is 6.92. The summed E-state index contributed by atoms with van der Waals surface area (Å²) in [6, 6.07) is 16.0. The van der Waals surface area contributed by atoms with Gasteiger partial charge in [-0.15, -0.1) is 0 Å². The van der Waals surface area contributed by atoms with Crippen molar-refractivity contribution >= 4 is 64.2 Å². The lowest BCUT2D eigenvalue weighted by Crippen LogP contribution is -2.60. The van der Waals surface area contributed by atoms with E-state index in [1.54, 1.807) is 0 Å². The number of aryl methyl sites for hydroxylation is 1. The van der Waals surface area contributed by atoms with Gasteiger partial charge in [-0.2, -0.15) is 0 Å². The molecule has 4 aromatic carbocycles. The van der Waals surface area contributed by atoms with Gasteiger partial charge in [0.2, 0.25) is 0 Å². The van der Waals surface area contributed by atoms with Gasteiger partial charge in [0, 0.05) is 20.8 Å². The molecule has 0 aliphatic heterocycles. The third-order valence-corrected chi connectivity index (χ3v) is 8.05. The number of benzene rings is 4. The van der Waals surface area contributed by atoms with E-state index >= 15 is 0 Å². The third kappa shape index (κ3) is 3.51. The average Bonchev–Trinajstić information content (AvgIpc) is 2.69. The number of hydrogen-bond acceptors (Lipinski definition) is 6. The van der Waals surface area contributed by atoms with E-state index in [4.69, 9.17) is 13.3 Å². The van der Waals surface area contributed by atoms with Crippen molar-refractivity contribution in [3.05, 3.63) is 54.1 Å². The molecule has 0 aromatic heterocycles. The lowest BCUT2D eigenvalue weighted by molar-refractivity contribution is -0.146. The molecular weight excluding hydrogens is 412 g/mol. The van der Waals surface area contributed by atoms with Crippen LogP contribution in [0, 0.1) is 0 Å². The van der Waals surface area contributed by atoms with Gasteiger partial charge in [-0.3, -0.25) is 14.4 Å². The molecule has 7 heteroatoms. The first-order valence-electron chi connectivity index (χ1n) is 10.0. The molecule has 0 bridgehead atoms. The fraction of sp³-hybridized carbons (Fsp3) is 0.208. The van der Waals surface area contributed by atoms with Crippen molar-refractivity contribution in [3.8, 4) is 0 Å². The summed E-state index contributed by atoms with van der Waals surface area (Å²) in [6.07, 6.45) is 0.558. The van der Waals surface area contributed by atoms with Gasteiger partial charge in [0.25, 0.3) is 17.9 Å². The second kappa shape index (κ2) is 7.66. The van der Waals surface area contributed by atoms with Crippen molar-refractivity contribution < 1.29 is 27.7 Å². The van der Waals surface area contributed by atoms with Gasteiger partial charge in [0.05, 0.1) is 5.19 Å². The third-order valence-electron chi connectivity index (χ3n) is 5.28. The SMILES string of the molecule is CCc1c([Si](OC(C)=O)(OC(C)=O)OC(C)=O)cc2ccc3cccc4ccc1c2c34. The molecule has 0 radical (unpaired) electrons. The van der Waals surface area contributed by atoms with E-state index in [9.17, 15) is 14.4 Å². The maximum absolute atomic E-state index is 12.0. The lowest BCUT2D eigenvalue weighted by Gasteiger charge is -2.29. The predicted octanol–water partition coefficient (Wildman–Crippen LogP) is 3.98. The molecule has 0 atom stereocenters. The van der Waals surface area contributed by atoms with Crippen molar-refractivity contribution in [2.24, 2.45) is 0 Å². The van der Waals surface area contributed by atoms with E-state index in [2.05, 4.69) is 12.1 Å². The zero-order chi connectivity index (χ0) is 22.3. The van der Waals surface area contributed by atoms with Crippen LogP contribution in [0.3, 0.4) is 0 Å². The van der Waals surface area contributed by atoms with Gasteiger partial charge in [-0.1, -0.05) is 49.4 Å². The monoisotopic (exact) mass is 434 g/mol. The zero-order valence-corrected chi connectivity index (χ0v) is 18.8. The maximum atomic E-state index is 12.0. The minimum absolute atomic E-state index is 0.446. The van der Waals surface area contributed by atoms with Crippen LogP contribution in [0.1, 0.15) is 33.3 Å². The molecule has 4 rings (SSSR count). The van der Waals surface area contributed by atoms with Gasteiger partial charge in [-0.05, 0) is 50.4 Å². The molecule has 0 saturated heterocycles. The molecule has 0 saturated carbocycles. The van der Waals surface area contributed by atoms with Gasteiger partial charge in [0.1, 0.15) is 0 Å². The maximum Gasteiger partial charge on any atom is 0.743 e. The van der Waals surface area contributed by atoms with E-state index in [1.165, 1.54) is 20.8 Å². The second-order valence-corrected chi connectivity index (χ2v) is 9.71. The highest BCUT2D eigenvalue weighted by molar-refractivity contribution is 6.79. The van der Waals surface area contributed by atoms with Crippen LogP contribution < -0.4 is 5.19 Å². The average molecular weight is 435 g/mol. The van der Waals surface area contributed by atoms with Crippen LogP contribution in [0.4, 0.5) is 0 Å². The van der Waals surface area contributed by atoms with E-state index in [-0.39, 0.29) is 0 Å². The quantitative estimate of drug-likeness (QED) is 0.349. The molecule has 0 fully saturated rings. The molecular formula is C24H22O6Si. The summed E-state index contributed by atoms with van der Waals surface area (Å²) in [7, 11) is -4.22. The Morgan fingerprint density at radius 1 is 0.742 bits per heavy atom. The summed E-state index contributed by atoms with van der Waals surface area (Å²) < 4.78 is 16.6. The molecule has 0 spiro atoms. The van der Waals surface area contributed by atoms with Crippen molar-refractivity contribution in [1.29, 1.82) is 0 Å². The predicted molar refractivity (Wildman–Crippen MR) is 120 cm³/mol. The summed E-state index contributed by atoms with van der Waals surface area (Å²) in [6.45, 7) is 5.56. The van der Waals surface area contributed by atoms with E-state index < -0.39 is 26.7 Å². The molecule has 0 unspecified atom stereocenters. The molecule has 31 heavy (non-hydrogen) atoms. The second-order valence-electron chi connectivity index (χ2n) is 7.45. The van der Waals surface area contributed by atoms with Gasteiger partial charge in [-0.25, -0.2) is 0 Å². The Hall–Kier alpha value is -3.45. The first kappa shape index (κ1) is 20.8. The number of carbonyl (C=O) groups excluding carboxylic acids is 3. The Labute approximate surface area is 180 Å². The minimum Gasteiger partial charge on any atom is -0.452 e. The van der Waals surface area contributed by atoms with Crippen LogP contribution in [0.5, 0.6) is 0 Å². The Bertz CT molecular complexity index is 1290. The van der Waals surface area contributed by atoms with Crippen molar-refractivity contribution in [3.63, 3.8) is 0 Å². The normalized spacial score (nSPS) is 11.7. The Balaban J connectivity index is 2.14. The molecule has 0 N–H and O–H groups in total. The standard InChI is InChI=1S/C24H22O6Si/c1-5-20-21-12-11-18-8-6-7-17-9-10-19(24(21)23(17)18)13-22(20)31(28-14(2)25,29-15(3)26)30-16(4)27/h6-13H,5H2,1-4H3. The largest absolute Gasteiger partial charge is 0.743 e. The molecule has 4 aromatic rings. The van der Waals surface area contributed by atoms with Crippen molar-refractivity contribution in [1.82, 2.24) is 0 Å². The Morgan fingerprint density at radius 2 is 1.26 bits per heavy atom. The first-order valence-corrected chi connectivity index (χ1v) is 11.8. The highest BCUT2D eigenvalue weighted by Crippen LogP contribution is 2.36. The van der Waals surface area contributed by atoms with Gasteiger partial charge < -0.3 is 13.3 Å². The zero-order valence-electron chi connectivity index (χ0n) is 17.8. The van der Waals surface area contributed by atoms with Crippen LogP contribution in [0.15, 0.2) is 48.5 Å². The summed E-state index contributed by atoms with van der Waals surface area (Å²) in [5.74, 6) is -2.08. The minimum atomic E-state index is -4.22. The van der Waals surface area contributed by atoms with Crippen molar-refractivity contribution in [2.75, 3.05) is 0 Å². The van der Waals surface area contributed by atoms with Gasteiger partial charge >= 0.3 is 8.80 Å². The molecule has 0 amide bonds. The summed E-state index contributed by atoms with van der Waals surface area (Å²) >= 11 is 0. The molecule has 158 valence electrons. The highest BCUT2D eigenvalue weighted by Gasteiger charge is 2.56. The van der Waals surface area contributed by atoms with Gasteiger partial charge in [0.15, 0.2) is 0 Å². The van der Waals surface area contributed by atoms with Crippen LogP contribution in [-0.4, -0.2) is 26.7 Å². The summed E-state index contributed by atoms with van der Waals surface area (Å²) in [5, 5.41) is 6.73. The smallest absolute Gasteiger partial charge is 0.452 e. The summed E-state index contributed by atoms with van der Waals surface area (Å²) in [4.78, 5) is 36.0. The molecule has 0 aliphatic carbocycles. The summed E-state index contributed by atoms with van der Waals surface area (Å²) in [5.41, 5.74) is 0.821. The Kier molecular flexibility index (Phi) is 5.14. The van der Waals surface area contributed by atoms with Crippen LogP contribution in [0.2, 0.25) is 0 Å². The molecule has 6 nitrogen and oxygen atoms in total. The van der Waals surface area contributed by atoms with Crippen molar-refractivity contribution in [2.45, 2.75) is 34.1 Å². The van der Waals surface area contributed by atoms with Crippen LogP contribution in [0.25, 0.3) is 32.3 Å². The lowest BCUT2D eigenvalue weighted by atomic mass is 9.91. The molecule has 0 heterocycles. The number of rotatable bonds is 5. The number of hydrogen-bond donors (Lipinski definition) is 0. The van der Waals surface area contributed by atoms with E-state index in [0.29, 0.717) is 11.6 Å². The number of carbonyl (C=O) groups is 3. The van der Waals surface area contributed by atoms with E-state index in [1.807, 2.05) is 43.3 Å². The first-order chi connectivity index (χ1) is 14.8. The fourth-order valence-electron chi connectivity index (χ4n) is 4.32. The highest BCUT2D eigenvalue weighted by atomic mass is 28.4. The van der Waals surface area contributed by atoms with E-state index in [0.717, 1.165) is 37.9 Å². The topological polar surface area (TPSA) is 78.9 Å². The Morgan fingerprint density at radius 3 is 1.77 bits per heavy atom. The van der Waals surface area contributed by atoms with Crippen LogP contribution in [-0.2, 0) is 34.1 Å². The molecule has 0 aliphatic rings.